The summed E-state index contributed by atoms with van der Waals surface area (Å²) in [6, 6.07) is 13.5. The molecule has 1 N–H and O–H groups in total. The predicted octanol–water partition coefficient (Wildman–Crippen LogP) is 4.59. The van der Waals surface area contributed by atoms with Crippen molar-refractivity contribution in [3.63, 3.8) is 0 Å². The number of nitrogens with zero attached hydrogens (tertiary/aromatic N) is 1. The number of anilines is 1. The third kappa shape index (κ3) is 4.81. The molecule has 7 nitrogen and oxygen atoms in total. The van der Waals surface area contributed by atoms with Crippen LogP contribution < -0.4 is 4.72 Å². The summed E-state index contributed by atoms with van der Waals surface area (Å²) < 4.78 is 58.8. The summed E-state index contributed by atoms with van der Waals surface area (Å²) in [6.45, 7) is 4.01. The first kappa shape index (κ1) is 25.3. The van der Waals surface area contributed by atoms with Gasteiger partial charge < -0.3 is 9.64 Å². The summed E-state index contributed by atoms with van der Waals surface area (Å²) in [5.41, 5.74) is 2.98. The van der Waals surface area contributed by atoms with E-state index in [9.17, 15) is 26.8 Å². The molecule has 0 aromatic heterocycles. The van der Waals surface area contributed by atoms with Gasteiger partial charge in [0, 0.05) is 17.8 Å². The highest BCUT2D eigenvalue weighted by Crippen LogP contribution is 2.32. The number of fused-ring (bicyclic) bond motifs is 1. The Morgan fingerprint density at radius 2 is 1.64 bits per heavy atom. The molecular weight excluding hydrogens is 490 g/mol. The Hall–Kier alpha value is -3.79. The van der Waals surface area contributed by atoms with Crippen molar-refractivity contribution in [2.75, 3.05) is 11.8 Å². The molecule has 1 aliphatic heterocycles. The van der Waals surface area contributed by atoms with Gasteiger partial charge in [0.1, 0.15) is 6.04 Å². The van der Waals surface area contributed by atoms with Crippen molar-refractivity contribution < 1.29 is 31.5 Å². The quantitative estimate of drug-likeness (QED) is 0.466. The van der Waals surface area contributed by atoms with Crippen LogP contribution in [0.25, 0.3) is 11.1 Å². The monoisotopic (exact) mass is 514 g/mol. The maximum Gasteiger partial charge on any atom is 0.328 e. The number of carbonyl (C=O) groups excluding carboxylic acids is 2. The molecule has 10 heteroatoms. The second-order valence-corrected chi connectivity index (χ2v) is 10.5. The van der Waals surface area contributed by atoms with Crippen LogP contribution in [0.4, 0.5) is 14.5 Å². The Morgan fingerprint density at radius 1 is 0.972 bits per heavy atom. The van der Waals surface area contributed by atoms with E-state index in [4.69, 9.17) is 4.74 Å². The van der Waals surface area contributed by atoms with E-state index < -0.39 is 38.6 Å². The molecule has 188 valence electrons. The zero-order valence-electron chi connectivity index (χ0n) is 19.8. The van der Waals surface area contributed by atoms with Crippen LogP contribution in [0.5, 0.6) is 0 Å². The van der Waals surface area contributed by atoms with Gasteiger partial charge in [0.15, 0.2) is 11.6 Å². The molecule has 0 radical (unpaired) electrons. The van der Waals surface area contributed by atoms with Crippen molar-refractivity contribution in [3.8, 4) is 11.1 Å². The maximum absolute atomic E-state index is 13.5. The van der Waals surface area contributed by atoms with Crippen molar-refractivity contribution in [1.29, 1.82) is 0 Å². The van der Waals surface area contributed by atoms with Crippen molar-refractivity contribution in [2.45, 2.75) is 31.3 Å². The molecule has 3 aromatic carbocycles. The Bertz CT molecular complexity index is 1440. The number of hydrogen-bond donors (Lipinski definition) is 1. The average molecular weight is 515 g/mol. The molecule has 1 atom stereocenters. The molecule has 1 heterocycles. The Kier molecular flexibility index (Phi) is 6.81. The van der Waals surface area contributed by atoms with Crippen LogP contribution in [0.15, 0.2) is 65.6 Å². The molecule has 4 rings (SSSR count). The number of amides is 1. The van der Waals surface area contributed by atoms with Gasteiger partial charge in [-0.1, -0.05) is 38.1 Å². The third-order valence-electron chi connectivity index (χ3n) is 6.02. The van der Waals surface area contributed by atoms with Gasteiger partial charge in [-0.25, -0.2) is 22.0 Å². The lowest BCUT2D eigenvalue weighted by Gasteiger charge is -2.28. The number of sulfonamides is 1. The summed E-state index contributed by atoms with van der Waals surface area (Å²) in [7, 11) is -2.82. The molecular formula is C26H24F2N2O5S. The van der Waals surface area contributed by atoms with E-state index in [0.29, 0.717) is 18.2 Å². The van der Waals surface area contributed by atoms with Gasteiger partial charge in [-0.3, -0.25) is 9.52 Å². The first-order valence-corrected chi connectivity index (χ1v) is 12.6. The number of benzene rings is 3. The molecule has 0 fully saturated rings. The van der Waals surface area contributed by atoms with Crippen LogP contribution >= 0.6 is 0 Å². The minimum absolute atomic E-state index is 0.127. The normalized spacial score (nSPS) is 14.1. The van der Waals surface area contributed by atoms with E-state index in [0.717, 1.165) is 28.8 Å². The summed E-state index contributed by atoms with van der Waals surface area (Å²) >= 11 is 0. The first-order valence-electron chi connectivity index (χ1n) is 11.1. The van der Waals surface area contributed by atoms with Gasteiger partial charge in [-0.05, 0) is 59.0 Å². The van der Waals surface area contributed by atoms with E-state index in [1.165, 1.54) is 24.1 Å². The third-order valence-corrected chi connectivity index (χ3v) is 7.40. The topological polar surface area (TPSA) is 92.8 Å². The number of esters is 1. The van der Waals surface area contributed by atoms with Gasteiger partial charge in [-0.2, -0.15) is 0 Å². The molecule has 0 spiro atoms. The average Bonchev–Trinajstić information content (AvgIpc) is 3.16. The molecule has 1 aliphatic rings. The zero-order valence-corrected chi connectivity index (χ0v) is 20.6. The lowest BCUT2D eigenvalue weighted by atomic mass is 10.0. The fourth-order valence-corrected chi connectivity index (χ4v) is 5.27. The van der Waals surface area contributed by atoms with Gasteiger partial charge in [0.25, 0.3) is 15.9 Å². The lowest BCUT2D eigenvalue weighted by molar-refractivity contribution is -0.147. The predicted molar refractivity (Wildman–Crippen MR) is 130 cm³/mol. The second kappa shape index (κ2) is 9.69. The smallest absolute Gasteiger partial charge is 0.328 e. The Balaban J connectivity index is 1.55. The van der Waals surface area contributed by atoms with Crippen LogP contribution in [0, 0.1) is 17.6 Å². The lowest BCUT2D eigenvalue weighted by Crippen LogP contribution is -2.45. The highest BCUT2D eigenvalue weighted by molar-refractivity contribution is 7.92. The van der Waals surface area contributed by atoms with Gasteiger partial charge >= 0.3 is 5.97 Å². The van der Waals surface area contributed by atoms with Crippen LogP contribution in [-0.4, -0.2) is 38.3 Å². The molecule has 3 aromatic rings. The van der Waals surface area contributed by atoms with Crippen LogP contribution in [-0.2, 0) is 26.1 Å². The minimum atomic E-state index is -4.12. The SMILES string of the molecule is COC(=O)C(C(C)C)N1Cc2ccc(-c3ccc(NS(=O)(=O)c4ccc(F)c(F)c4)cc3)cc2C1=O. The molecule has 0 saturated carbocycles. The number of hydrogen-bond acceptors (Lipinski definition) is 5. The molecule has 1 unspecified atom stereocenters. The largest absolute Gasteiger partial charge is 0.467 e. The number of methoxy groups -OCH3 is 1. The number of rotatable bonds is 7. The van der Waals surface area contributed by atoms with Crippen LogP contribution in [0.3, 0.4) is 0 Å². The summed E-state index contributed by atoms with van der Waals surface area (Å²) in [4.78, 5) is 26.5. The van der Waals surface area contributed by atoms with Crippen molar-refractivity contribution in [3.05, 3.63) is 83.4 Å². The Labute approximate surface area is 207 Å². The van der Waals surface area contributed by atoms with E-state index in [2.05, 4.69) is 4.72 Å². The van der Waals surface area contributed by atoms with Gasteiger partial charge in [0.2, 0.25) is 0 Å². The second-order valence-electron chi connectivity index (χ2n) is 8.78. The standard InChI is InChI=1S/C26H24F2N2O5S/c1-15(2)24(26(32)35-3)30-14-18-5-4-17(12-21(18)25(30)31)16-6-8-19(9-7-16)29-36(33,34)20-10-11-22(27)23(28)13-20/h4-13,15,24,29H,14H2,1-3H3. The fourth-order valence-electron chi connectivity index (χ4n) is 4.20. The van der Waals surface area contributed by atoms with E-state index in [-0.39, 0.29) is 17.5 Å². The van der Waals surface area contributed by atoms with Crippen LogP contribution in [0.1, 0.15) is 29.8 Å². The van der Waals surface area contributed by atoms with Gasteiger partial charge in [0.05, 0.1) is 12.0 Å². The summed E-state index contributed by atoms with van der Waals surface area (Å²) in [6.07, 6.45) is 0. The Morgan fingerprint density at radius 3 is 2.25 bits per heavy atom. The van der Waals surface area contributed by atoms with Crippen molar-refractivity contribution in [2.24, 2.45) is 5.92 Å². The highest BCUT2D eigenvalue weighted by atomic mass is 32.2. The minimum Gasteiger partial charge on any atom is -0.467 e. The number of halogens is 2. The fraction of sp³-hybridized carbons (Fsp3) is 0.231. The van der Waals surface area contributed by atoms with Crippen LogP contribution in [0.2, 0.25) is 0 Å². The maximum atomic E-state index is 13.5. The van der Waals surface area contributed by atoms with E-state index >= 15 is 0 Å². The number of carbonyl (C=O) groups is 2. The van der Waals surface area contributed by atoms with Crippen molar-refractivity contribution >= 4 is 27.6 Å². The highest BCUT2D eigenvalue weighted by Gasteiger charge is 2.38. The number of nitrogens with one attached hydrogen (secondary N) is 1. The zero-order chi connectivity index (χ0) is 26.2. The molecule has 0 aliphatic carbocycles. The molecule has 0 bridgehead atoms. The number of ether oxygens (including phenoxy) is 1. The van der Waals surface area contributed by atoms with E-state index in [1.54, 1.807) is 18.2 Å². The summed E-state index contributed by atoms with van der Waals surface area (Å²) in [5.74, 6) is -3.25. The molecule has 1 amide bonds. The first-order chi connectivity index (χ1) is 17.0. The molecule has 36 heavy (non-hydrogen) atoms. The van der Waals surface area contributed by atoms with Gasteiger partial charge in [-0.15, -0.1) is 0 Å². The van der Waals surface area contributed by atoms with Crippen molar-refractivity contribution in [1.82, 2.24) is 4.90 Å². The summed E-state index contributed by atoms with van der Waals surface area (Å²) in [5, 5.41) is 0. The van der Waals surface area contributed by atoms with E-state index in [1.807, 2.05) is 26.0 Å². The molecule has 0 saturated heterocycles.